The van der Waals surface area contributed by atoms with E-state index < -0.39 is 0 Å². The summed E-state index contributed by atoms with van der Waals surface area (Å²) in [5, 5.41) is 3.36. The smallest absolute Gasteiger partial charge is 0.0526 e. The highest BCUT2D eigenvalue weighted by atomic mass is 15.2. The van der Waals surface area contributed by atoms with E-state index in [1.54, 1.807) is 0 Å². The van der Waals surface area contributed by atoms with E-state index in [0.717, 1.165) is 32.7 Å². The molecule has 2 aliphatic heterocycles. The summed E-state index contributed by atoms with van der Waals surface area (Å²) in [7, 11) is 2.12. The Morgan fingerprint density at radius 1 is 1.31 bits per heavy atom. The molecule has 0 saturated carbocycles. The van der Waals surface area contributed by atoms with Gasteiger partial charge in [-0.2, -0.15) is 0 Å². The number of likely N-dealkylation sites (N-methyl/N-ethyl adjacent to an activating group) is 1. The molecule has 1 fully saturated rings. The maximum absolute atomic E-state index is 3.36. The van der Waals surface area contributed by atoms with Gasteiger partial charge in [-0.05, 0) is 6.08 Å². The lowest BCUT2D eigenvalue weighted by molar-refractivity contribution is 0.297. The summed E-state index contributed by atoms with van der Waals surface area (Å²) in [4.78, 5) is 4.65. The molecular weight excluding hydrogens is 162 g/mol. The van der Waals surface area contributed by atoms with Crippen molar-refractivity contribution < 1.29 is 0 Å². The van der Waals surface area contributed by atoms with E-state index in [1.165, 1.54) is 5.70 Å². The van der Waals surface area contributed by atoms with Crippen molar-refractivity contribution in [3.8, 4) is 0 Å². The number of rotatable bonds is 1. The van der Waals surface area contributed by atoms with Crippen molar-refractivity contribution >= 4 is 0 Å². The Bertz CT molecular complexity index is 226. The van der Waals surface area contributed by atoms with Crippen molar-refractivity contribution in [2.75, 3.05) is 39.8 Å². The summed E-state index contributed by atoms with van der Waals surface area (Å²) < 4.78 is 0. The van der Waals surface area contributed by atoms with Gasteiger partial charge in [0.25, 0.3) is 0 Å². The fourth-order valence-corrected chi connectivity index (χ4v) is 1.77. The summed E-state index contributed by atoms with van der Waals surface area (Å²) >= 11 is 0. The number of hydrogen-bond acceptors (Lipinski definition) is 3. The molecule has 0 atom stereocenters. The molecule has 0 aromatic heterocycles. The molecule has 3 heteroatoms. The van der Waals surface area contributed by atoms with Crippen molar-refractivity contribution in [1.82, 2.24) is 15.1 Å². The monoisotopic (exact) mass is 179 g/mol. The highest BCUT2D eigenvalue weighted by Crippen LogP contribution is 2.11. The molecule has 0 bridgehead atoms. The SMILES string of the molecule is CN1C=C(N2CCNCC2)C=CC1. The number of nitrogens with zero attached hydrogens (tertiary/aromatic N) is 2. The van der Waals surface area contributed by atoms with Crippen molar-refractivity contribution in [1.29, 1.82) is 0 Å². The average Bonchev–Trinajstić information content (AvgIpc) is 2.19. The van der Waals surface area contributed by atoms with Gasteiger partial charge in [0.15, 0.2) is 0 Å². The normalized spacial score (nSPS) is 23.3. The topological polar surface area (TPSA) is 18.5 Å². The summed E-state index contributed by atoms with van der Waals surface area (Å²) in [5.74, 6) is 0. The van der Waals surface area contributed by atoms with Gasteiger partial charge in [-0.3, -0.25) is 0 Å². The Morgan fingerprint density at radius 2 is 2.08 bits per heavy atom. The number of hydrogen-bond donors (Lipinski definition) is 1. The number of allylic oxidation sites excluding steroid dienone is 1. The molecule has 0 unspecified atom stereocenters. The summed E-state index contributed by atoms with van der Waals surface area (Å²) in [6.07, 6.45) is 6.67. The first-order valence-electron chi connectivity index (χ1n) is 4.90. The molecular formula is C10H17N3. The standard InChI is InChI=1S/C10H17N3/c1-12-6-2-3-10(9-12)13-7-4-11-5-8-13/h2-3,9,11H,4-8H2,1H3. The third-order valence-corrected chi connectivity index (χ3v) is 2.52. The van der Waals surface area contributed by atoms with Crippen LogP contribution < -0.4 is 5.32 Å². The molecule has 0 aromatic rings. The maximum atomic E-state index is 3.36. The largest absolute Gasteiger partial charge is 0.375 e. The van der Waals surface area contributed by atoms with Gasteiger partial charge in [0, 0.05) is 46.0 Å². The minimum Gasteiger partial charge on any atom is -0.375 e. The van der Waals surface area contributed by atoms with Gasteiger partial charge in [-0.15, -0.1) is 0 Å². The van der Waals surface area contributed by atoms with Crippen LogP contribution in [0.4, 0.5) is 0 Å². The van der Waals surface area contributed by atoms with Crippen LogP contribution in [-0.2, 0) is 0 Å². The predicted molar refractivity (Wildman–Crippen MR) is 54.3 cm³/mol. The lowest BCUT2D eigenvalue weighted by Crippen LogP contribution is -2.43. The first-order valence-corrected chi connectivity index (χ1v) is 4.90. The molecule has 2 heterocycles. The van der Waals surface area contributed by atoms with Crippen LogP contribution >= 0.6 is 0 Å². The highest BCUT2D eigenvalue weighted by molar-refractivity contribution is 5.21. The van der Waals surface area contributed by atoms with E-state index in [-0.39, 0.29) is 0 Å². The van der Waals surface area contributed by atoms with Crippen LogP contribution in [0.2, 0.25) is 0 Å². The first-order chi connectivity index (χ1) is 6.36. The van der Waals surface area contributed by atoms with Crippen molar-refractivity contribution in [3.05, 3.63) is 24.0 Å². The molecule has 72 valence electrons. The summed E-state index contributed by atoms with van der Waals surface area (Å²) in [6, 6.07) is 0. The van der Waals surface area contributed by atoms with Gasteiger partial charge < -0.3 is 15.1 Å². The Morgan fingerprint density at radius 3 is 2.77 bits per heavy atom. The molecule has 0 spiro atoms. The van der Waals surface area contributed by atoms with Gasteiger partial charge in [-0.25, -0.2) is 0 Å². The quantitative estimate of drug-likeness (QED) is 0.622. The number of nitrogens with one attached hydrogen (secondary N) is 1. The molecule has 1 saturated heterocycles. The zero-order chi connectivity index (χ0) is 9.10. The fraction of sp³-hybridized carbons (Fsp3) is 0.600. The first kappa shape index (κ1) is 8.63. The zero-order valence-electron chi connectivity index (χ0n) is 8.16. The average molecular weight is 179 g/mol. The Kier molecular flexibility index (Phi) is 2.54. The van der Waals surface area contributed by atoms with E-state index in [1.807, 2.05) is 0 Å². The molecule has 2 aliphatic rings. The lowest BCUT2D eigenvalue weighted by atomic mass is 10.2. The predicted octanol–water partition coefficient (Wildman–Crippen LogP) is 0.235. The second-order valence-corrected chi connectivity index (χ2v) is 3.63. The Hall–Kier alpha value is -0.960. The molecule has 3 nitrogen and oxygen atoms in total. The third kappa shape index (κ3) is 2.04. The molecule has 0 aromatic carbocycles. The van der Waals surface area contributed by atoms with E-state index in [2.05, 4.69) is 40.5 Å². The summed E-state index contributed by atoms with van der Waals surface area (Å²) in [6.45, 7) is 5.51. The minimum absolute atomic E-state index is 1.04. The second kappa shape index (κ2) is 3.83. The van der Waals surface area contributed by atoms with E-state index >= 15 is 0 Å². The molecule has 0 amide bonds. The maximum Gasteiger partial charge on any atom is 0.0526 e. The fourth-order valence-electron chi connectivity index (χ4n) is 1.77. The Labute approximate surface area is 79.7 Å². The van der Waals surface area contributed by atoms with Crippen LogP contribution in [-0.4, -0.2) is 49.6 Å². The van der Waals surface area contributed by atoms with Crippen molar-refractivity contribution in [2.24, 2.45) is 0 Å². The van der Waals surface area contributed by atoms with Crippen molar-refractivity contribution in [3.63, 3.8) is 0 Å². The third-order valence-electron chi connectivity index (χ3n) is 2.52. The van der Waals surface area contributed by atoms with Gasteiger partial charge in [-0.1, -0.05) is 6.08 Å². The van der Waals surface area contributed by atoms with Gasteiger partial charge in [0.05, 0.1) is 5.70 Å². The van der Waals surface area contributed by atoms with Crippen molar-refractivity contribution in [2.45, 2.75) is 0 Å². The second-order valence-electron chi connectivity index (χ2n) is 3.63. The van der Waals surface area contributed by atoms with Crippen LogP contribution in [0.3, 0.4) is 0 Å². The summed E-state index contributed by atoms with van der Waals surface area (Å²) in [5.41, 5.74) is 1.36. The lowest BCUT2D eigenvalue weighted by Gasteiger charge is -2.32. The molecule has 1 N–H and O–H groups in total. The minimum atomic E-state index is 1.04. The van der Waals surface area contributed by atoms with Crippen LogP contribution in [0.5, 0.6) is 0 Å². The number of piperazine rings is 1. The highest BCUT2D eigenvalue weighted by Gasteiger charge is 2.12. The molecule has 0 radical (unpaired) electrons. The van der Waals surface area contributed by atoms with Gasteiger partial charge in [0.1, 0.15) is 0 Å². The van der Waals surface area contributed by atoms with Crippen LogP contribution in [0.15, 0.2) is 24.0 Å². The van der Waals surface area contributed by atoms with Gasteiger partial charge >= 0.3 is 0 Å². The molecule has 0 aliphatic carbocycles. The van der Waals surface area contributed by atoms with E-state index in [9.17, 15) is 0 Å². The van der Waals surface area contributed by atoms with E-state index in [0.29, 0.717) is 0 Å². The zero-order valence-corrected chi connectivity index (χ0v) is 8.16. The van der Waals surface area contributed by atoms with Crippen LogP contribution in [0.1, 0.15) is 0 Å². The molecule has 2 rings (SSSR count). The van der Waals surface area contributed by atoms with Crippen LogP contribution in [0, 0.1) is 0 Å². The van der Waals surface area contributed by atoms with Crippen LogP contribution in [0.25, 0.3) is 0 Å². The van der Waals surface area contributed by atoms with E-state index in [4.69, 9.17) is 0 Å². The molecule has 13 heavy (non-hydrogen) atoms. The van der Waals surface area contributed by atoms with Gasteiger partial charge in [0.2, 0.25) is 0 Å². The Balaban J connectivity index is 2.02.